The fraction of sp³-hybridized carbons (Fsp3) is 0.208. The van der Waals surface area contributed by atoms with Crippen molar-refractivity contribution < 1.29 is 23.7 Å². The number of amides is 1. The van der Waals surface area contributed by atoms with E-state index in [1.54, 1.807) is 73.3 Å². The van der Waals surface area contributed by atoms with Gasteiger partial charge in [-0.3, -0.25) is 4.79 Å². The highest BCUT2D eigenvalue weighted by atomic mass is 16.5. The number of benzene rings is 2. The number of methoxy groups -OCH3 is 2. The molecular weight excluding hydrogens is 452 g/mol. The lowest BCUT2D eigenvalue weighted by atomic mass is 10.2. The van der Waals surface area contributed by atoms with Crippen molar-refractivity contribution in [1.82, 2.24) is 25.1 Å². The quantitative estimate of drug-likeness (QED) is 0.344. The largest absolute Gasteiger partial charge is 0.497 e. The topological polar surface area (TPSA) is 133 Å². The minimum absolute atomic E-state index is 0.150. The number of carbonyl (C=O) groups is 1. The summed E-state index contributed by atoms with van der Waals surface area (Å²) >= 11 is 0. The van der Waals surface area contributed by atoms with Crippen molar-refractivity contribution in [1.29, 1.82) is 5.26 Å². The lowest BCUT2D eigenvalue weighted by Crippen LogP contribution is -2.32. The van der Waals surface area contributed by atoms with E-state index in [1.807, 2.05) is 6.07 Å². The van der Waals surface area contributed by atoms with Crippen LogP contribution in [0.5, 0.6) is 23.1 Å². The molecule has 1 amide bonds. The minimum atomic E-state index is -0.299. The average molecular weight is 474 g/mol. The Kier molecular flexibility index (Phi) is 7.22. The van der Waals surface area contributed by atoms with Gasteiger partial charge in [0.25, 0.3) is 5.91 Å². The first-order chi connectivity index (χ1) is 17.1. The molecule has 35 heavy (non-hydrogen) atoms. The maximum Gasteiger partial charge on any atom is 0.258 e. The predicted molar refractivity (Wildman–Crippen MR) is 124 cm³/mol. The van der Waals surface area contributed by atoms with Gasteiger partial charge in [-0.15, -0.1) is 15.3 Å². The zero-order valence-corrected chi connectivity index (χ0v) is 19.1. The fourth-order valence-electron chi connectivity index (χ4n) is 3.18. The Labute approximate surface area is 200 Å². The third-order valence-electron chi connectivity index (χ3n) is 4.91. The van der Waals surface area contributed by atoms with Crippen LogP contribution in [0.3, 0.4) is 0 Å². The van der Waals surface area contributed by atoms with Crippen molar-refractivity contribution in [3.05, 3.63) is 60.2 Å². The van der Waals surface area contributed by atoms with Crippen molar-refractivity contribution in [3.63, 3.8) is 0 Å². The van der Waals surface area contributed by atoms with E-state index < -0.39 is 0 Å². The van der Waals surface area contributed by atoms with E-state index in [0.717, 1.165) is 0 Å². The molecule has 0 bridgehead atoms. The smallest absolute Gasteiger partial charge is 0.258 e. The van der Waals surface area contributed by atoms with Crippen LogP contribution < -0.4 is 24.3 Å². The second-order valence-electron chi connectivity index (χ2n) is 7.15. The van der Waals surface area contributed by atoms with E-state index in [9.17, 15) is 4.79 Å². The van der Waals surface area contributed by atoms with Gasteiger partial charge in [0.05, 0.1) is 38.0 Å². The molecule has 0 radical (unpaired) electrons. The van der Waals surface area contributed by atoms with Crippen LogP contribution in [-0.2, 0) is 4.79 Å². The van der Waals surface area contributed by atoms with Crippen molar-refractivity contribution in [2.75, 3.05) is 34.0 Å². The molecule has 11 heteroatoms. The first-order valence-electron chi connectivity index (χ1n) is 10.6. The van der Waals surface area contributed by atoms with Gasteiger partial charge >= 0.3 is 0 Å². The maximum absolute atomic E-state index is 12.0. The van der Waals surface area contributed by atoms with Crippen LogP contribution in [-0.4, -0.2) is 59.7 Å². The Morgan fingerprint density at radius 1 is 1.00 bits per heavy atom. The molecule has 11 nitrogen and oxygen atoms in total. The molecule has 2 aromatic carbocycles. The number of nitriles is 1. The number of fused-ring (bicyclic) bond motifs is 1. The number of aromatic nitrogens is 4. The zero-order chi connectivity index (χ0) is 24.6. The van der Waals surface area contributed by atoms with E-state index >= 15 is 0 Å². The lowest BCUT2D eigenvalue weighted by Gasteiger charge is -2.10. The van der Waals surface area contributed by atoms with Crippen LogP contribution in [0, 0.1) is 11.3 Å². The molecule has 4 aromatic rings. The minimum Gasteiger partial charge on any atom is -0.497 e. The molecule has 0 saturated heterocycles. The number of nitrogens with one attached hydrogen (secondary N) is 1. The molecule has 0 fully saturated rings. The molecule has 2 aromatic heterocycles. The fourth-order valence-corrected chi connectivity index (χ4v) is 3.18. The summed E-state index contributed by atoms with van der Waals surface area (Å²) in [4.78, 5) is 12.0. The summed E-state index contributed by atoms with van der Waals surface area (Å²) in [6, 6.07) is 17.3. The zero-order valence-electron chi connectivity index (χ0n) is 19.1. The molecule has 4 rings (SSSR count). The maximum atomic E-state index is 12.0. The van der Waals surface area contributed by atoms with E-state index in [4.69, 9.17) is 24.2 Å². The number of carbonyl (C=O) groups excluding carboxylic acids is 1. The molecular formula is C24H22N6O5. The van der Waals surface area contributed by atoms with Crippen molar-refractivity contribution >= 4 is 11.6 Å². The first-order valence-corrected chi connectivity index (χ1v) is 10.6. The summed E-state index contributed by atoms with van der Waals surface area (Å²) in [5, 5.41) is 24.4. The number of hydrogen-bond donors (Lipinski definition) is 1. The Balaban J connectivity index is 1.34. The average Bonchev–Trinajstić information content (AvgIpc) is 3.33. The Morgan fingerprint density at radius 2 is 1.80 bits per heavy atom. The second-order valence-corrected chi connectivity index (χ2v) is 7.15. The molecule has 1 N–H and O–H groups in total. The van der Waals surface area contributed by atoms with Crippen molar-refractivity contribution in [2.24, 2.45) is 0 Å². The van der Waals surface area contributed by atoms with Gasteiger partial charge in [0.1, 0.15) is 23.9 Å². The molecule has 0 aliphatic carbocycles. The summed E-state index contributed by atoms with van der Waals surface area (Å²) in [6.45, 7) is 0.303. The van der Waals surface area contributed by atoms with Crippen LogP contribution in [0.2, 0.25) is 0 Å². The summed E-state index contributed by atoms with van der Waals surface area (Å²) in [7, 11) is 3.15. The van der Waals surface area contributed by atoms with Gasteiger partial charge in [-0.2, -0.15) is 9.78 Å². The van der Waals surface area contributed by atoms with Crippen LogP contribution in [0.15, 0.2) is 54.6 Å². The first kappa shape index (κ1) is 23.3. The Bertz CT molecular complexity index is 1360. The van der Waals surface area contributed by atoms with Gasteiger partial charge in [0, 0.05) is 6.07 Å². The third kappa shape index (κ3) is 5.56. The normalized spacial score (nSPS) is 10.4. The van der Waals surface area contributed by atoms with Gasteiger partial charge in [0.15, 0.2) is 18.1 Å². The number of nitrogens with zero attached hydrogens (tertiary/aromatic N) is 5. The Morgan fingerprint density at radius 3 is 2.54 bits per heavy atom. The second kappa shape index (κ2) is 10.8. The molecule has 178 valence electrons. The number of ether oxygens (including phenoxy) is 4. The van der Waals surface area contributed by atoms with Crippen LogP contribution in [0.4, 0.5) is 0 Å². The monoisotopic (exact) mass is 474 g/mol. The molecule has 0 unspecified atom stereocenters. The summed E-state index contributed by atoms with van der Waals surface area (Å²) in [5.41, 5.74) is 1.72. The highest BCUT2D eigenvalue weighted by Gasteiger charge is 2.16. The molecule has 0 atom stereocenters. The van der Waals surface area contributed by atoms with E-state index in [2.05, 4.69) is 20.6 Å². The molecule has 0 spiro atoms. The SMILES string of the molecule is COc1ccc(OC)c(-c2nnc3ccc(OCCNC(=O)COc4ccc(C#N)cc4)nn23)c1. The molecule has 0 saturated carbocycles. The highest BCUT2D eigenvalue weighted by Crippen LogP contribution is 2.32. The van der Waals surface area contributed by atoms with Gasteiger partial charge in [0.2, 0.25) is 5.88 Å². The van der Waals surface area contributed by atoms with Crippen LogP contribution in [0.25, 0.3) is 17.0 Å². The van der Waals surface area contributed by atoms with Gasteiger partial charge in [-0.1, -0.05) is 0 Å². The molecule has 0 aliphatic rings. The number of hydrogen-bond acceptors (Lipinski definition) is 9. The van der Waals surface area contributed by atoms with E-state index in [0.29, 0.717) is 45.7 Å². The van der Waals surface area contributed by atoms with Crippen LogP contribution in [0.1, 0.15) is 5.56 Å². The van der Waals surface area contributed by atoms with Crippen LogP contribution >= 0.6 is 0 Å². The van der Waals surface area contributed by atoms with Crippen molar-refractivity contribution in [2.45, 2.75) is 0 Å². The predicted octanol–water partition coefficient (Wildman–Crippen LogP) is 2.25. The summed E-state index contributed by atoms with van der Waals surface area (Å²) in [6.07, 6.45) is 0. The summed E-state index contributed by atoms with van der Waals surface area (Å²) < 4.78 is 23.4. The van der Waals surface area contributed by atoms with Gasteiger partial charge in [-0.25, -0.2) is 0 Å². The third-order valence-corrected chi connectivity index (χ3v) is 4.91. The standard InChI is InChI=1S/C24H22N6O5/c1-32-18-7-8-20(33-2)19(13-18)24-28-27-21-9-10-23(29-30(21)24)34-12-11-26-22(31)15-35-17-5-3-16(14-25)4-6-17/h3-10,13H,11-12,15H2,1-2H3,(H,26,31). The molecule has 2 heterocycles. The van der Waals surface area contributed by atoms with E-state index in [1.165, 1.54) is 0 Å². The Hall–Kier alpha value is -4.85. The van der Waals surface area contributed by atoms with Gasteiger partial charge in [-0.05, 0) is 48.5 Å². The van der Waals surface area contributed by atoms with Crippen molar-refractivity contribution in [3.8, 4) is 40.6 Å². The molecule has 0 aliphatic heterocycles. The number of rotatable bonds is 10. The summed E-state index contributed by atoms with van der Waals surface area (Å²) in [5.74, 6) is 2.25. The van der Waals surface area contributed by atoms with E-state index in [-0.39, 0.29) is 25.7 Å². The van der Waals surface area contributed by atoms with Gasteiger partial charge < -0.3 is 24.3 Å². The lowest BCUT2D eigenvalue weighted by molar-refractivity contribution is -0.123. The highest BCUT2D eigenvalue weighted by molar-refractivity contribution is 5.77.